The number of aliphatic hydroxyl groups excluding tert-OH is 1. The van der Waals surface area contributed by atoms with E-state index in [1.807, 2.05) is 11.8 Å². The third kappa shape index (κ3) is 5.91. The molecule has 0 saturated carbocycles. The van der Waals surface area contributed by atoms with E-state index in [9.17, 15) is 9.90 Å². The van der Waals surface area contributed by atoms with E-state index in [4.69, 9.17) is 0 Å². The molecule has 2 heterocycles. The number of carbonyl (C=O) groups is 1. The molecule has 126 valence electrons. The van der Waals surface area contributed by atoms with Crippen molar-refractivity contribution in [2.75, 3.05) is 39.3 Å². The molecule has 21 heavy (non-hydrogen) atoms. The summed E-state index contributed by atoms with van der Waals surface area (Å²) >= 11 is 0. The second kappa shape index (κ2) is 9.85. The van der Waals surface area contributed by atoms with Crippen LogP contribution in [0.5, 0.6) is 0 Å². The molecule has 0 aliphatic carbocycles. The van der Waals surface area contributed by atoms with Gasteiger partial charge in [-0.2, -0.15) is 0 Å². The van der Waals surface area contributed by atoms with Crippen LogP contribution in [-0.4, -0.2) is 72.2 Å². The largest absolute Gasteiger partial charge is 0.392 e. The van der Waals surface area contributed by atoms with Gasteiger partial charge in [-0.05, 0) is 38.8 Å². The highest BCUT2D eigenvalue weighted by molar-refractivity contribution is 5.85. The molecular formula is C14H29Cl2N3O2. The van der Waals surface area contributed by atoms with Crippen molar-refractivity contribution in [3.05, 3.63) is 0 Å². The number of β-amino-alcohol motifs (C(OH)–C–C–N with tert-alkyl or cyclic N) is 1. The summed E-state index contributed by atoms with van der Waals surface area (Å²) in [5.74, 6) is 0.644. The fourth-order valence-electron chi connectivity index (χ4n) is 2.91. The Kier molecular flexibility index (Phi) is 9.81. The Morgan fingerprint density at radius 1 is 1.24 bits per heavy atom. The van der Waals surface area contributed by atoms with E-state index in [0.29, 0.717) is 5.92 Å². The second-order valence-electron chi connectivity index (χ2n) is 5.99. The molecule has 3 atom stereocenters. The average molecular weight is 342 g/mol. The zero-order chi connectivity index (χ0) is 13.8. The third-order valence-electron chi connectivity index (χ3n) is 4.42. The van der Waals surface area contributed by atoms with Crippen molar-refractivity contribution >= 4 is 30.7 Å². The summed E-state index contributed by atoms with van der Waals surface area (Å²) in [6, 6.07) is -0.0357. The number of nitrogens with zero attached hydrogens (tertiary/aromatic N) is 2. The van der Waals surface area contributed by atoms with Crippen molar-refractivity contribution in [1.82, 2.24) is 15.1 Å². The Bertz CT molecular complexity index is 321. The lowest BCUT2D eigenvalue weighted by Gasteiger charge is -2.35. The van der Waals surface area contributed by atoms with Crippen LogP contribution in [0.1, 0.15) is 26.7 Å². The van der Waals surface area contributed by atoms with E-state index < -0.39 is 0 Å². The number of halogens is 2. The maximum Gasteiger partial charge on any atom is 0.239 e. The monoisotopic (exact) mass is 341 g/mol. The minimum atomic E-state index is -0.186. The van der Waals surface area contributed by atoms with Gasteiger partial charge in [-0.15, -0.1) is 24.8 Å². The first-order valence-corrected chi connectivity index (χ1v) is 7.50. The summed E-state index contributed by atoms with van der Waals surface area (Å²) in [5, 5.41) is 13.0. The van der Waals surface area contributed by atoms with E-state index in [1.54, 1.807) is 0 Å². The smallest absolute Gasteiger partial charge is 0.239 e. The van der Waals surface area contributed by atoms with Gasteiger partial charge in [-0.25, -0.2) is 0 Å². The van der Waals surface area contributed by atoms with E-state index >= 15 is 0 Å². The topological polar surface area (TPSA) is 55.8 Å². The minimum Gasteiger partial charge on any atom is -0.392 e. The van der Waals surface area contributed by atoms with Crippen LogP contribution in [0, 0.1) is 5.92 Å². The van der Waals surface area contributed by atoms with Crippen molar-refractivity contribution in [3.8, 4) is 0 Å². The molecule has 7 heteroatoms. The standard InChI is InChI=1S/C14H27N3O2.2ClH/c1-11-4-8-16(10-13(11)18)6-3-7-17-9-5-15-12(2)14(17)19;;/h11-13,15,18H,3-10H2,1-2H3;2*1H/t11-,12?,13+;;/m0../s1. The zero-order valence-electron chi connectivity index (χ0n) is 13.0. The molecule has 0 bridgehead atoms. The van der Waals surface area contributed by atoms with Gasteiger partial charge < -0.3 is 20.2 Å². The quantitative estimate of drug-likeness (QED) is 0.792. The van der Waals surface area contributed by atoms with Gasteiger partial charge in [0.2, 0.25) is 5.91 Å². The normalized spacial score (nSPS) is 30.5. The molecule has 1 unspecified atom stereocenters. The van der Waals surface area contributed by atoms with E-state index in [1.165, 1.54) is 0 Å². The number of carbonyl (C=O) groups excluding carboxylic acids is 1. The van der Waals surface area contributed by atoms with Crippen LogP contribution in [0.2, 0.25) is 0 Å². The van der Waals surface area contributed by atoms with Gasteiger partial charge in [0.15, 0.2) is 0 Å². The lowest BCUT2D eigenvalue weighted by molar-refractivity contribution is -0.135. The second-order valence-corrected chi connectivity index (χ2v) is 5.99. The number of piperazine rings is 1. The predicted octanol–water partition coefficient (Wildman–Crippen LogP) is 0.743. The summed E-state index contributed by atoms with van der Waals surface area (Å²) in [6.45, 7) is 9.44. The molecule has 0 radical (unpaired) electrons. The fourth-order valence-corrected chi connectivity index (χ4v) is 2.91. The first-order chi connectivity index (χ1) is 9.08. The summed E-state index contributed by atoms with van der Waals surface area (Å²) in [4.78, 5) is 16.2. The SMILES string of the molecule is CC1NCCN(CCCN2CC[C@H](C)[C@H](O)C2)C1=O.Cl.Cl. The zero-order valence-corrected chi connectivity index (χ0v) is 14.6. The van der Waals surface area contributed by atoms with Crippen LogP contribution < -0.4 is 5.32 Å². The van der Waals surface area contributed by atoms with Gasteiger partial charge in [-0.3, -0.25) is 4.79 Å². The average Bonchev–Trinajstić information content (AvgIpc) is 2.39. The number of rotatable bonds is 4. The Labute approximate surface area is 140 Å². The molecule has 0 spiro atoms. The number of hydrogen-bond acceptors (Lipinski definition) is 4. The molecule has 2 saturated heterocycles. The Morgan fingerprint density at radius 3 is 2.62 bits per heavy atom. The molecule has 5 nitrogen and oxygen atoms in total. The van der Waals surface area contributed by atoms with E-state index in [-0.39, 0.29) is 42.9 Å². The van der Waals surface area contributed by atoms with Crippen molar-refractivity contribution < 1.29 is 9.90 Å². The van der Waals surface area contributed by atoms with Gasteiger partial charge in [-0.1, -0.05) is 6.92 Å². The third-order valence-corrected chi connectivity index (χ3v) is 4.42. The molecule has 2 aliphatic heterocycles. The molecule has 2 N–H and O–H groups in total. The van der Waals surface area contributed by atoms with Crippen molar-refractivity contribution in [1.29, 1.82) is 0 Å². The molecule has 0 aromatic heterocycles. The number of amides is 1. The van der Waals surface area contributed by atoms with Crippen LogP contribution in [0.3, 0.4) is 0 Å². The molecule has 0 aromatic carbocycles. The van der Waals surface area contributed by atoms with Crippen LogP contribution in [0.15, 0.2) is 0 Å². The van der Waals surface area contributed by atoms with Gasteiger partial charge in [0.25, 0.3) is 0 Å². The van der Waals surface area contributed by atoms with Gasteiger partial charge in [0, 0.05) is 26.2 Å². The molecule has 0 aromatic rings. The van der Waals surface area contributed by atoms with Crippen molar-refractivity contribution in [3.63, 3.8) is 0 Å². The highest BCUT2D eigenvalue weighted by atomic mass is 35.5. The lowest BCUT2D eigenvalue weighted by atomic mass is 9.96. The number of nitrogens with one attached hydrogen (secondary N) is 1. The molecule has 1 amide bonds. The number of hydrogen-bond donors (Lipinski definition) is 2. The Balaban J connectivity index is 0.00000200. The predicted molar refractivity (Wildman–Crippen MR) is 89.4 cm³/mol. The fraction of sp³-hybridized carbons (Fsp3) is 0.929. The van der Waals surface area contributed by atoms with Gasteiger partial charge in [0.05, 0.1) is 12.1 Å². The van der Waals surface area contributed by atoms with Gasteiger partial charge >= 0.3 is 0 Å². The van der Waals surface area contributed by atoms with E-state index in [2.05, 4.69) is 17.1 Å². The minimum absolute atomic E-state index is 0. The highest BCUT2D eigenvalue weighted by Crippen LogP contribution is 2.17. The van der Waals surface area contributed by atoms with Crippen LogP contribution >= 0.6 is 24.8 Å². The lowest BCUT2D eigenvalue weighted by Crippen LogP contribution is -2.54. The summed E-state index contributed by atoms with van der Waals surface area (Å²) in [5.41, 5.74) is 0. The Morgan fingerprint density at radius 2 is 1.95 bits per heavy atom. The first-order valence-electron chi connectivity index (χ1n) is 7.50. The maximum absolute atomic E-state index is 11.9. The van der Waals surface area contributed by atoms with Crippen LogP contribution in [-0.2, 0) is 4.79 Å². The summed E-state index contributed by atoms with van der Waals surface area (Å²) in [6.07, 6.45) is 1.89. The van der Waals surface area contributed by atoms with Crippen LogP contribution in [0.25, 0.3) is 0 Å². The summed E-state index contributed by atoms with van der Waals surface area (Å²) in [7, 11) is 0. The highest BCUT2D eigenvalue weighted by Gasteiger charge is 2.26. The molecule has 2 fully saturated rings. The first kappa shape index (κ1) is 20.9. The van der Waals surface area contributed by atoms with Crippen LogP contribution in [0.4, 0.5) is 0 Å². The Hall–Kier alpha value is -0.0700. The number of piperidine rings is 1. The number of likely N-dealkylation sites (tertiary alicyclic amines) is 1. The number of aliphatic hydroxyl groups is 1. The summed E-state index contributed by atoms with van der Waals surface area (Å²) < 4.78 is 0. The molecular weight excluding hydrogens is 313 g/mol. The van der Waals surface area contributed by atoms with Crippen molar-refractivity contribution in [2.45, 2.75) is 38.8 Å². The van der Waals surface area contributed by atoms with Gasteiger partial charge in [0.1, 0.15) is 0 Å². The molecule has 2 aliphatic rings. The van der Waals surface area contributed by atoms with E-state index in [0.717, 1.165) is 52.1 Å². The van der Waals surface area contributed by atoms with Crippen molar-refractivity contribution in [2.24, 2.45) is 5.92 Å². The maximum atomic E-state index is 11.9. The molecule has 2 rings (SSSR count).